The summed E-state index contributed by atoms with van der Waals surface area (Å²) in [7, 11) is -1.31. The van der Waals surface area contributed by atoms with Crippen LogP contribution in [0.4, 0.5) is 5.69 Å². The van der Waals surface area contributed by atoms with Gasteiger partial charge in [0.15, 0.2) is 0 Å². The van der Waals surface area contributed by atoms with Crippen LogP contribution in [-0.4, -0.2) is 58.0 Å². The first-order valence-electron chi connectivity index (χ1n) is 13.5. The van der Waals surface area contributed by atoms with Crippen LogP contribution in [-0.2, 0) is 26.2 Å². The van der Waals surface area contributed by atoms with Crippen LogP contribution in [0.1, 0.15) is 38.3 Å². The fourth-order valence-electron chi connectivity index (χ4n) is 4.50. The molecule has 0 aromatic heterocycles. The number of rotatable bonds is 13. The molecule has 220 valence electrons. The number of anilines is 1. The number of hydrogen-bond acceptors (Lipinski definition) is 6. The van der Waals surface area contributed by atoms with Crippen molar-refractivity contribution in [3.05, 3.63) is 83.9 Å². The Morgan fingerprint density at radius 1 is 0.902 bits per heavy atom. The second-order valence-electron chi connectivity index (χ2n) is 9.89. The number of methoxy groups -OCH3 is 2. The Morgan fingerprint density at radius 2 is 1.54 bits per heavy atom. The van der Waals surface area contributed by atoms with Crippen molar-refractivity contribution >= 4 is 27.5 Å². The average molecular weight is 582 g/mol. The highest BCUT2D eigenvalue weighted by Gasteiger charge is 2.35. The second-order valence-corrected chi connectivity index (χ2v) is 11.8. The predicted octanol–water partition coefficient (Wildman–Crippen LogP) is 4.54. The topological polar surface area (TPSA) is 105 Å². The van der Waals surface area contributed by atoms with E-state index in [4.69, 9.17) is 9.47 Å². The fourth-order valence-corrected chi connectivity index (χ4v) is 5.92. The van der Waals surface area contributed by atoms with Gasteiger partial charge in [0.2, 0.25) is 11.8 Å². The molecule has 3 rings (SSSR count). The van der Waals surface area contributed by atoms with Crippen molar-refractivity contribution in [2.24, 2.45) is 0 Å². The molecule has 1 N–H and O–H groups in total. The van der Waals surface area contributed by atoms with Gasteiger partial charge in [-0.05, 0) is 74.7 Å². The van der Waals surface area contributed by atoms with Crippen LogP contribution in [0, 0.1) is 6.92 Å². The highest BCUT2D eigenvalue weighted by Crippen LogP contribution is 2.33. The third-order valence-corrected chi connectivity index (χ3v) is 8.47. The number of ether oxygens (including phenoxy) is 2. The van der Waals surface area contributed by atoms with Gasteiger partial charge < -0.3 is 19.7 Å². The zero-order chi connectivity index (χ0) is 30.2. The summed E-state index contributed by atoms with van der Waals surface area (Å²) in [5.41, 5.74) is 2.02. The van der Waals surface area contributed by atoms with E-state index in [1.54, 1.807) is 36.4 Å². The molecule has 0 saturated heterocycles. The molecule has 10 heteroatoms. The minimum absolute atomic E-state index is 0.0212. The Kier molecular flexibility index (Phi) is 10.8. The van der Waals surface area contributed by atoms with Crippen LogP contribution in [0.3, 0.4) is 0 Å². The molecule has 0 fully saturated rings. The Bertz CT molecular complexity index is 1440. The number of para-hydroxylation sites is 2. The van der Waals surface area contributed by atoms with Crippen LogP contribution in [0.2, 0.25) is 0 Å². The maximum absolute atomic E-state index is 14.2. The summed E-state index contributed by atoms with van der Waals surface area (Å²) >= 11 is 0. The average Bonchev–Trinajstić information content (AvgIpc) is 2.96. The van der Waals surface area contributed by atoms with Crippen molar-refractivity contribution in [2.75, 3.05) is 25.1 Å². The lowest BCUT2D eigenvalue weighted by molar-refractivity contribution is -0.140. The minimum atomic E-state index is -4.24. The zero-order valence-electron chi connectivity index (χ0n) is 24.5. The maximum Gasteiger partial charge on any atom is 0.264 e. The Balaban J connectivity index is 2.11. The van der Waals surface area contributed by atoms with E-state index >= 15 is 0 Å². The molecule has 0 heterocycles. The first-order chi connectivity index (χ1) is 19.5. The Labute approximate surface area is 243 Å². The summed E-state index contributed by atoms with van der Waals surface area (Å²) in [5, 5.41) is 2.90. The molecule has 0 saturated carbocycles. The number of benzene rings is 3. The highest BCUT2D eigenvalue weighted by atomic mass is 32.2. The number of nitrogens with zero attached hydrogens (tertiary/aromatic N) is 2. The quantitative estimate of drug-likeness (QED) is 0.318. The lowest BCUT2D eigenvalue weighted by Gasteiger charge is -2.34. The molecule has 0 aliphatic carbocycles. The first kappa shape index (κ1) is 31.5. The molecule has 1 atom stereocenters. The van der Waals surface area contributed by atoms with Gasteiger partial charge in [0, 0.05) is 12.6 Å². The standard InChI is InChI=1S/C31H39N3O6S/c1-7-27(31(36)32-22(2)3)33(20-24-13-9-8-12-23(24)4)30(35)21-34(28-14-10-11-15-29(28)40-6)41(37,38)26-18-16-25(39-5)17-19-26/h8-19,22,27H,7,20-21H2,1-6H3,(H,32,36)/t27-/m0/s1. The number of nitrogens with one attached hydrogen (secondary N) is 1. The first-order valence-corrected chi connectivity index (χ1v) is 14.9. The van der Waals surface area contributed by atoms with Gasteiger partial charge in [0.25, 0.3) is 10.0 Å². The highest BCUT2D eigenvalue weighted by molar-refractivity contribution is 7.92. The summed E-state index contributed by atoms with van der Waals surface area (Å²) in [6.07, 6.45) is 0.343. The predicted molar refractivity (Wildman–Crippen MR) is 160 cm³/mol. The molecule has 9 nitrogen and oxygen atoms in total. The summed E-state index contributed by atoms with van der Waals surface area (Å²) < 4.78 is 39.8. The molecule has 0 aliphatic heterocycles. The smallest absolute Gasteiger partial charge is 0.264 e. The van der Waals surface area contributed by atoms with E-state index in [0.717, 1.165) is 15.4 Å². The van der Waals surface area contributed by atoms with Gasteiger partial charge >= 0.3 is 0 Å². The van der Waals surface area contributed by atoms with Gasteiger partial charge in [-0.3, -0.25) is 13.9 Å². The van der Waals surface area contributed by atoms with Crippen molar-refractivity contribution in [1.82, 2.24) is 10.2 Å². The number of carbonyl (C=O) groups is 2. The zero-order valence-corrected chi connectivity index (χ0v) is 25.3. The summed E-state index contributed by atoms with van der Waals surface area (Å²) in [6, 6.07) is 19.2. The van der Waals surface area contributed by atoms with E-state index in [1.807, 2.05) is 52.0 Å². The SMILES string of the molecule is CC[C@@H](C(=O)NC(C)C)N(Cc1ccccc1C)C(=O)CN(c1ccccc1OC)S(=O)(=O)c1ccc(OC)cc1. The van der Waals surface area contributed by atoms with E-state index < -0.39 is 28.5 Å². The monoisotopic (exact) mass is 581 g/mol. The van der Waals surface area contributed by atoms with Crippen molar-refractivity contribution in [3.63, 3.8) is 0 Å². The van der Waals surface area contributed by atoms with Crippen LogP contribution in [0.15, 0.2) is 77.7 Å². The van der Waals surface area contributed by atoms with Gasteiger partial charge in [-0.1, -0.05) is 43.3 Å². The lowest BCUT2D eigenvalue weighted by Crippen LogP contribution is -2.53. The molecule has 3 aromatic rings. The summed E-state index contributed by atoms with van der Waals surface area (Å²) in [6.45, 7) is 7.05. The third kappa shape index (κ3) is 7.58. The van der Waals surface area contributed by atoms with E-state index in [-0.39, 0.29) is 34.8 Å². The second kappa shape index (κ2) is 14.0. The van der Waals surface area contributed by atoms with Crippen molar-refractivity contribution < 1.29 is 27.5 Å². The molecular weight excluding hydrogens is 542 g/mol. The Hall–Kier alpha value is -4.05. The number of hydrogen-bond donors (Lipinski definition) is 1. The molecule has 0 spiro atoms. The maximum atomic E-state index is 14.2. The molecule has 3 aromatic carbocycles. The van der Waals surface area contributed by atoms with Crippen LogP contribution >= 0.6 is 0 Å². The van der Waals surface area contributed by atoms with Gasteiger partial charge in [0.1, 0.15) is 24.1 Å². The molecule has 0 bridgehead atoms. The van der Waals surface area contributed by atoms with Gasteiger partial charge in [-0.2, -0.15) is 0 Å². The van der Waals surface area contributed by atoms with Crippen LogP contribution in [0.5, 0.6) is 11.5 Å². The van der Waals surface area contributed by atoms with E-state index in [0.29, 0.717) is 12.2 Å². The van der Waals surface area contributed by atoms with E-state index in [2.05, 4.69) is 5.32 Å². The molecule has 0 radical (unpaired) electrons. The minimum Gasteiger partial charge on any atom is -0.497 e. The fraction of sp³-hybridized carbons (Fsp3) is 0.355. The number of sulfonamides is 1. The number of amides is 2. The van der Waals surface area contributed by atoms with Crippen LogP contribution < -0.4 is 19.1 Å². The molecule has 0 unspecified atom stereocenters. The largest absolute Gasteiger partial charge is 0.497 e. The molecule has 2 amide bonds. The number of carbonyl (C=O) groups excluding carboxylic acids is 2. The van der Waals surface area contributed by atoms with Crippen molar-refractivity contribution in [1.29, 1.82) is 0 Å². The summed E-state index contributed by atoms with van der Waals surface area (Å²) in [5.74, 6) is -0.0454. The Morgan fingerprint density at radius 3 is 2.12 bits per heavy atom. The number of aryl methyl sites for hydroxylation is 1. The van der Waals surface area contributed by atoms with E-state index in [1.165, 1.54) is 31.3 Å². The van der Waals surface area contributed by atoms with E-state index in [9.17, 15) is 18.0 Å². The van der Waals surface area contributed by atoms with Crippen LogP contribution in [0.25, 0.3) is 0 Å². The van der Waals surface area contributed by atoms with Gasteiger partial charge in [-0.15, -0.1) is 0 Å². The lowest BCUT2D eigenvalue weighted by atomic mass is 10.1. The third-order valence-electron chi connectivity index (χ3n) is 6.70. The molecular formula is C31H39N3O6S. The normalized spacial score (nSPS) is 12.0. The van der Waals surface area contributed by atoms with Gasteiger partial charge in [-0.25, -0.2) is 8.42 Å². The molecule has 41 heavy (non-hydrogen) atoms. The molecule has 0 aliphatic rings. The van der Waals surface area contributed by atoms with Crippen molar-refractivity contribution in [2.45, 2.75) is 57.6 Å². The van der Waals surface area contributed by atoms with Crippen molar-refractivity contribution in [3.8, 4) is 11.5 Å². The van der Waals surface area contributed by atoms with Gasteiger partial charge in [0.05, 0.1) is 24.8 Å². The summed E-state index contributed by atoms with van der Waals surface area (Å²) in [4.78, 5) is 28.9.